The van der Waals surface area contributed by atoms with E-state index < -0.39 is 53.2 Å². The van der Waals surface area contributed by atoms with Crippen molar-refractivity contribution in [1.29, 1.82) is 0 Å². The molecule has 2 saturated heterocycles. The number of rotatable bonds is 5. The lowest BCUT2D eigenvalue weighted by Gasteiger charge is -2.35. The quantitative estimate of drug-likeness (QED) is 0.511. The first kappa shape index (κ1) is 30.8. The fraction of sp³-hybridized carbons (Fsp3) is 0.500. The summed E-state index contributed by atoms with van der Waals surface area (Å²) in [5.74, 6) is -2.15. The molecule has 0 aliphatic carbocycles. The van der Waals surface area contributed by atoms with Gasteiger partial charge in [-0.1, -0.05) is 36.4 Å². The van der Waals surface area contributed by atoms with Gasteiger partial charge in [-0.25, -0.2) is 4.39 Å². The zero-order chi connectivity index (χ0) is 30.4. The van der Waals surface area contributed by atoms with E-state index in [0.29, 0.717) is 43.6 Å². The van der Waals surface area contributed by atoms with Crippen molar-refractivity contribution in [2.75, 3.05) is 32.8 Å². The van der Waals surface area contributed by atoms with Crippen LogP contribution in [0.1, 0.15) is 42.4 Å². The minimum Gasteiger partial charge on any atom is -0.395 e. The Morgan fingerprint density at radius 3 is 1.90 bits per heavy atom. The highest BCUT2D eigenvalue weighted by Gasteiger charge is 2.71. The highest BCUT2D eigenvalue weighted by atomic mass is 19.4. The van der Waals surface area contributed by atoms with Crippen LogP contribution in [0.2, 0.25) is 0 Å². The van der Waals surface area contributed by atoms with Crippen molar-refractivity contribution >= 4 is 11.8 Å². The zero-order valence-corrected chi connectivity index (χ0v) is 22.0. The first-order valence-corrected chi connectivity index (χ1v) is 12.9. The van der Waals surface area contributed by atoms with Crippen LogP contribution in [-0.2, 0) is 20.6 Å². The largest absolute Gasteiger partial charge is 0.430 e. The molecule has 0 unspecified atom stereocenters. The Morgan fingerprint density at radius 1 is 0.902 bits per heavy atom. The standard InChI is InChI=1S/C28H29F7N2O4/c1-17(39)36-12-10-19(11-13-36)24(40)37-14-23(25(15-37,16-38)20-6-8-22(29)9-7-20)18-2-4-21(5-3-18)26(41,27(30,31)32)28(33,34)35/h2-9,19,23,38,41H,10-16H2,1H3/t23-,25-/m0/s1. The molecule has 4 rings (SSSR count). The van der Waals surface area contributed by atoms with Gasteiger partial charge < -0.3 is 20.0 Å². The first-order chi connectivity index (χ1) is 19.0. The minimum atomic E-state index is -6.05. The van der Waals surface area contributed by atoms with Crippen LogP contribution in [0, 0.1) is 11.7 Å². The highest BCUT2D eigenvalue weighted by Crippen LogP contribution is 2.51. The molecule has 2 fully saturated rings. The monoisotopic (exact) mass is 590 g/mol. The number of benzene rings is 2. The summed E-state index contributed by atoms with van der Waals surface area (Å²) in [4.78, 5) is 28.3. The van der Waals surface area contributed by atoms with Gasteiger partial charge in [0.15, 0.2) is 0 Å². The fourth-order valence-electron chi connectivity index (χ4n) is 5.97. The van der Waals surface area contributed by atoms with Crippen molar-refractivity contribution in [3.05, 3.63) is 71.0 Å². The number of nitrogens with zero attached hydrogens (tertiary/aromatic N) is 2. The third kappa shape index (κ3) is 5.41. The Kier molecular flexibility index (Phi) is 8.18. The van der Waals surface area contributed by atoms with Gasteiger partial charge in [0.25, 0.3) is 5.60 Å². The Bertz CT molecular complexity index is 1240. The van der Waals surface area contributed by atoms with Crippen molar-refractivity contribution in [2.24, 2.45) is 5.92 Å². The van der Waals surface area contributed by atoms with Crippen molar-refractivity contribution in [3.8, 4) is 0 Å². The summed E-state index contributed by atoms with van der Waals surface area (Å²) in [5, 5.41) is 20.4. The maximum Gasteiger partial charge on any atom is 0.430 e. The van der Waals surface area contributed by atoms with E-state index in [1.165, 1.54) is 24.0 Å². The van der Waals surface area contributed by atoms with E-state index in [-0.39, 0.29) is 30.5 Å². The van der Waals surface area contributed by atoms with Crippen LogP contribution in [0.15, 0.2) is 48.5 Å². The van der Waals surface area contributed by atoms with Crippen LogP contribution in [0.3, 0.4) is 0 Å². The summed E-state index contributed by atoms with van der Waals surface area (Å²) < 4.78 is 94.2. The molecule has 0 saturated carbocycles. The van der Waals surface area contributed by atoms with Crippen molar-refractivity contribution in [1.82, 2.24) is 9.80 Å². The third-order valence-corrected chi connectivity index (χ3v) is 8.40. The summed E-state index contributed by atoms with van der Waals surface area (Å²) >= 11 is 0. The number of halogens is 7. The molecule has 41 heavy (non-hydrogen) atoms. The summed E-state index contributed by atoms with van der Waals surface area (Å²) in [6, 6.07) is 8.22. The molecule has 2 heterocycles. The lowest BCUT2D eigenvalue weighted by atomic mass is 9.70. The van der Waals surface area contributed by atoms with E-state index >= 15 is 0 Å². The van der Waals surface area contributed by atoms with E-state index in [4.69, 9.17) is 0 Å². The summed E-state index contributed by atoms with van der Waals surface area (Å²) in [5.41, 5.74) is -7.13. The van der Waals surface area contributed by atoms with E-state index in [2.05, 4.69) is 0 Å². The minimum absolute atomic E-state index is 0.0220. The molecule has 0 spiro atoms. The normalized spacial score (nSPS) is 22.7. The molecular formula is C28H29F7N2O4. The van der Waals surface area contributed by atoms with Gasteiger partial charge in [0, 0.05) is 55.9 Å². The number of aliphatic hydroxyl groups excluding tert-OH is 1. The number of carbonyl (C=O) groups excluding carboxylic acids is 2. The van der Waals surface area contributed by atoms with Crippen molar-refractivity contribution in [2.45, 2.75) is 49.1 Å². The molecule has 2 amide bonds. The van der Waals surface area contributed by atoms with Crippen LogP contribution in [0.25, 0.3) is 0 Å². The average molecular weight is 591 g/mol. The van der Waals surface area contributed by atoms with Gasteiger partial charge in [0.05, 0.1) is 6.61 Å². The van der Waals surface area contributed by atoms with Crippen LogP contribution >= 0.6 is 0 Å². The predicted molar refractivity (Wildman–Crippen MR) is 132 cm³/mol. The molecule has 0 radical (unpaired) electrons. The van der Waals surface area contributed by atoms with E-state index in [1.807, 2.05) is 0 Å². The number of aliphatic hydroxyl groups is 2. The molecule has 2 aliphatic heterocycles. The smallest absolute Gasteiger partial charge is 0.395 e. The van der Waals surface area contributed by atoms with Gasteiger partial charge in [-0.2, -0.15) is 26.3 Å². The Morgan fingerprint density at radius 2 is 1.44 bits per heavy atom. The highest BCUT2D eigenvalue weighted by molar-refractivity contribution is 5.80. The Hall–Kier alpha value is -3.19. The number of alkyl halides is 6. The van der Waals surface area contributed by atoms with Crippen molar-refractivity contribution < 1.29 is 50.5 Å². The molecule has 0 aromatic heterocycles. The molecule has 0 bridgehead atoms. The molecule has 2 aromatic carbocycles. The zero-order valence-electron chi connectivity index (χ0n) is 22.0. The van der Waals surface area contributed by atoms with Gasteiger partial charge in [0.2, 0.25) is 11.8 Å². The Labute approximate surface area is 231 Å². The number of carbonyl (C=O) groups is 2. The van der Waals surface area contributed by atoms with E-state index in [0.717, 1.165) is 24.3 Å². The second-order valence-corrected chi connectivity index (χ2v) is 10.7. The van der Waals surface area contributed by atoms with E-state index in [9.17, 15) is 50.5 Å². The van der Waals surface area contributed by atoms with Gasteiger partial charge in [0.1, 0.15) is 5.82 Å². The molecule has 224 valence electrons. The Balaban J connectivity index is 1.71. The number of amides is 2. The number of likely N-dealkylation sites (tertiary alicyclic amines) is 2. The van der Waals surface area contributed by atoms with Crippen molar-refractivity contribution in [3.63, 3.8) is 0 Å². The SMILES string of the molecule is CC(=O)N1CCC(C(=O)N2C[C@@H](c3ccc(C(O)(C(F)(F)F)C(F)(F)F)cc3)[C@@](CO)(c3ccc(F)cc3)C2)CC1. The van der Waals surface area contributed by atoms with Gasteiger partial charge in [-0.15, -0.1) is 0 Å². The van der Waals surface area contributed by atoms with Crippen LogP contribution in [0.5, 0.6) is 0 Å². The topological polar surface area (TPSA) is 81.1 Å². The lowest BCUT2D eigenvalue weighted by Crippen LogP contribution is -2.53. The maximum absolute atomic E-state index is 13.7. The lowest BCUT2D eigenvalue weighted by molar-refractivity contribution is -0.376. The van der Waals surface area contributed by atoms with Crippen LogP contribution in [-0.4, -0.2) is 77.0 Å². The second-order valence-electron chi connectivity index (χ2n) is 10.7. The number of hydrogen-bond donors (Lipinski definition) is 2. The number of hydrogen-bond acceptors (Lipinski definition) is 4. The molecule has 2 N–H and O–H groups in total. The summed E-state index contributed by atoms with van der Waals surface area (Å²) in [7, 11) is 0. The predicted octanol–water partition coefficient (Wildman–Crippen LogP) is 4.25. The molecule has 2 aromatic rings. The van der Waals surface area contributed by atoms with Gasteiger partial charge in [-0.05, 0) is 36.1 Å². The summed E-state index contributed by atoms with van der Waals surface area (Å²) in [6.45, 7) is 1.58. The molecule has 2 aliphatic rings. The van der Waals surface area contributed by atoms with Crippen LogP contribution < -0.4 is 0 Å². The first-order valence-electron chi connectivity index (χ1n) is 12.9. The molecule has 2 atom stereocenters. The molecular weight excluding hydrogens is 561 g/mol. The molecule has 13 heteroatoms. The third-order valence-electron chi connectivity index (χ3n) is 8.40. The average Bonchev–Trinajstić information content (AvgIpc) is 3.32. The number of piperidine rings is 1. The van der Waals surface area contributed by atoms with E-state index in [1.54, 1.807) is 4.90 Å². The van der Waals surface area contributed by atoms with Gasteiger partial charge >= 0.3 is 12.4 Å². The van der Waals surface area contributed by atoms with Crippen LogP contribution in [0.4, 0.5) is 30.7 Å². The second kappa shape index (κ2) is 10.9. The maximum atomic E-state index is 13.7. The molecule has 6 nitrogen and oxygen atoms in total. The fourth-order valence-corrected chi connectivity index (χ4v) is 5.97. The van der Waals surface area contributed by atoms with Gasteiger partial charge in [-0.3, -0.25) is 9.59 Å². The summed E-state index contributed by atoms with van der Waals surface area (Å²) in [6.07, 6.45) is -11.3.